The van der Waals surface area contributed by atoms with E-state index in [1.807, 2.05) is 17.4 Å². The van der Waals surface area contributed by atoms with Crippen molar-refractivity contribution in [2.75, 3.05) is 5.75 Å². The lowest BCUT2D eigenvalue weighted by atomic mass is 10.3. The Morgan fingerprint density at radius 3 is 2.86 bits per heavy atom. The third kappa shape index (κ3) is 2.88. The van der Waals surface area contributed by atoms with E-state index in [-0.39, 0.29) is 16.4 Å². The molecule has 0 saturated heterocycles. The van der Waals surface area contributed by atoms with Gasteiger partial charge in [-0.25, -0.2) is 14.8 Å². The van der Waals surface area contributed by atoms with Gasteiger partial charge in [-0.1, -0.05) is 11.8 Å². The fourth-order valence-corrected chi connectivity index (χ4v) is 3.76. The first-order valence-electron chi connectivity index (χ1n) is 6.34. The van der Waals surface area contributed by atoms with Crippen molar-refractivity contribution in [3.8, 4) is 0 Å². The van der Waals surface area contributed by atoms with Crippen molar-refractivity contribution in [1.82, 2.24) is 14.4 Å². The topological polar surface area (TPSA) is 84.6 Å². The van der Waals surface area contributed by atoms with Gasteiger partial charge in [-0.05, 0) is 25.1 Å². The van der Waals surface area contributed by atoms with Crippen molar-refractivity contribution in [2.45, 2.75) is 11.9 Å². The second kappa shape index (κ2) is 5.90. The molecular formula is C14H11N3O3S2. The zero-order chi connectivity index (χ0) is 15.7. The molecule has 1 N–H and O–H groups in total. The molecule has 6 nitrogen and oxygen atoms in total. The third-order valence-electron chi connectivity index (χ3n) is 2.91. The lowest BCUT2D eigenvalue weighted by molar-refractivity contribution is 0.0702. The van der Waals surface area contributed by atoms with E-state index in [0.29, 0.717) is 10.7 Å². The Balaban J connectivity index is 1.77. The van der Waals surface area contributed by atoms with Crippen LogP contribution >= 0.6 is 23.1 Å². The number of aryl methyl sites for hydroxylation is 1. The number of imidazole rings is 1. The highest BCUT2D eigenvalue weighted by Crippen LogP contribution is 2.23. The number of rotatable bonds is 5. The highest BCUT2D eigenvalue weighted by atomic mass is 32.2. The number of hydrogen-bond donors (Lipinski definition) is 1. The molecule has 0 aromatic carbocycles. The molecular weight excluding hydrogens is 322 g/mol. The van der Waals surface area contributed by atoms with Crippen molar-refractivity contribution in [3.05, 3.63) is 46.0 Å². The summed E-state index contributed by atoms with van der Waals surface area (Å²) >= 11 is 2.38. The van der Waals surface area contributed by atoms with Crippen LogP contribution in [0.1, 0.15) is 25.0 Å². The average molecular weight is 333 g/mol. The van der Waals surface area contributed by atoms with Gasteiger partial charge in [0.1, 0.15) is 4.88 Å². The molecule has 0 radical (unpaired) electrons. The van der Waals surface area contributed by atoms with Crippen molar-refractivity contribution in [3.63, 3.8) is 0 Å². The van der Waals surface area contributed by atoms with E-state index in [0.717, 1.165) is 22.1 Å². The van der Waals surface area contributed by atoms with E-state index in [9.17, 15) is 9.59 Å². The van der Waals surface area contributed by atoms with E-state index in [1.54, 1.807) is 18.5 Å². The van der Waals surface area contributed by atoms with Crippen LogP contribution in [0.4, 0.5) is 0 Å². The minimum atomic E-state index is -1.01. The Morgan fingerprint density at radius 1 is 1.36 bits per heavy atom. The van der Waals surface area contributed by atoms with Gasteiger partial charge in [0.25, 0.3) is 0 Å². The highest BCUT2D eigenvalue weighted by Gasteiger charge is 2.14. The van der Waals surface area contributed by atoms with E-state index in [1.165, 1.54) is 17.8 Å². The monoisotopic (exact) mass is 333 g/mol. The van der Waals surface area contributed by atoms with Gasteiger partial charge in [-0.15, -0.1) is 11.3 Å². The first kappa shape index (κ1) is 14.7. The van der Waals surface area contributed by atoms with Gasteiger partial charge in [-0.3, -0.25) is 9.20 Å². The highest BCUT2D eigenvalue weighted by molar-refractivity contribution is 8.00. The summed E-state index contributed by atoms with van der Waals surface area (Å²) in [7, 11) is 0. The molecule has 112 valence electrons. The van der Waals surface area contributed by atoms with Crippen LogP contribution in [-0.2, 0) is 0 Å². The Hall–Kier alpha value is -2.19. The number of carbonyl (C=O) groups is 2. The maximum absolute atomic E-state index is 12.2. The number of hydrogen-bond acceptors (Lipinski definition) is 6. The number of aromatic nitrogens is 3. The minimum Gasteiger partial charge on any atom is -0.477 e. The van der Waals surface area contributed by atoms with E-state index in [4.69, 9.17) is 5.11 Å². The molecule has 0 aliphatic rings. The lowest BCUT2D eigenvalue weighted by Crippen LogP contribution is -2.02. The van der Waals surface area contributed by atoms with E-state index < -0.39 is 5.97 Å². The predicted molar refractivity (Wildman–Crippen MR) is 84.1 cm³/mol. The number of aromatic carboxylic acids is 1. The van der Waals surface area contributed by atoms with Gasteiger partial charge >= 0.3 is 5.97 Å². The summed E-state index contributed by atoms with van der Waals surface area (Å²) in [5, 5.41) is 9.77. The van der Waals surface area contributed by atoms with Crippen LogP contribution in [-0.4, -0.2) is 37.0 Å². The van der Waals surface area contributed by atoms with Crippen LogP contribution in [0.3, 0.4) is 0 Å². The quantitative estimate of drug-likeness (QED) is 0.439. The first-order valence-corrected chi connectivity index (χ1v) is 8.14. The van der Waals surface area contributed by atoms with Crippen molar-refractivity contribution in [1.29, 1.82) is 0 Å². The molecule has 0 bridgehead atoms. The van der Waals surface area contributed by atoms with Crippen molar-refractivity contribution >= 4 is 40.6 Å². The molecule has 0 atom stereocenters. The molecule has 0 fully saturated rings. The summed E-state index contributed by atoms with van der Waals surface area (Å²) in [6.07, 6.45) is 3.45. The number of Topliss-reactive ketones (excluding diaryl/α,β-unsaturated/α-hetero) is 1. The largest absolute Gasteiger partial charge is 0.477 e. The maximum Gasteiger partial charge on any atom is 0.345 e. The van der Waals surface area contributed by atoms with Crippen molar-refractivity contribution in [2.24, 2.45) is 0 Å². The predicted octanol–water partition coefficient (Wildman–Crippen LogP) is 2.77. The van der Waals surface area contributed by atoms with Gasteiger partial charge in [0.2, 0.25) is 5.78 Å². The van der Waals surface area contributed by atoms with Gasteiger partial charge in [0, 0.05) is 18.1 Å². The molecule has 22 heavy (non-hydrogen) atoms. The normalized spacial score (nSPS) is 11.0. The van der Waals surface area contributed by atoms with Gasteiger partial charge < -0.3 is 5.11 Å². The van der Waals surface area contributed by atoms with Crippen LogP contribution in [0.25, 0.3) is 5.78 Å². The zero-order valence-electron chi connectivity index (χ0n) is 11.5. The van der Waals surface area contributed by atoms with E-state index in [2.05, 4.69) is 9.97 Å². The van der Waals surface area contributed by atoms with Crippen LogP contribution in [0.15, 0.2) is 35.6 Å². The summed E-state index contributed by atoms with van der Waals surface area (Å²) < 4.78 is 1.82. The van der Waals surface area contributed by atoms with Gasteiger partial charge in [-0.2, -0.15) is 0 Å². The molecule has 0 saturated carbocycles. The number of fused-ring (bicyclic) bond motifs is 1. The molecule has 3 rings (SSSR count). The fourth-order valence-electron chi connectivity index (χ4n) is 1.91. The summed E-state index contributed by atoms with van der Waals surface area (Å²) in [5.74, 6) is -0.276. The fraction of sp³-hybridized carbons (Fsp3) is 0.143. The molecule has 3 aromatic rings. The molecule has 0 unspecified atom stereocenters. The van der Waals surface area contributed by atoms with Gasteiger partial charge in [0.05, 0.1) is 15.7 Å². The Kier molecular flexibility index (Phi) is 3.95. The number of thioether (sulfide) groups is 1. The smallest absolute Gasteiger partial charge is 0.345 e. The summed E-state index contributed by atoms with van der Waals surface area (Å²) in [5.41, 5.74) is 0.831. The van der Waals surface area contributed by atoms with Crippen LogP contribution in [0.5, 0.6) is 0 Å². The number of nitrogens with zero attached hydrogens (tertiary/aromatic N) is 3. The second-order valence-electron chi connectivity index (χ2n) is 4.51. The standard InChI is InChI=1S/C14H11N3O3S2/c1-8-6-12(17-5-4-15-14(17)16-8)21-7-9(18)10-2-3-11(22-10)13(19)20/h2-6H,7H2,1H3,(H,19,20). The summed E-state index contributed by atoms with van der Waals surface area (Å²) in [4.78, 5) is 32.1. The number of carboxylic acids is 1. The average Bonchev–Trinajstić information content (AvgIpc) is 3.12. The lowest BCUT2D eigenvalue weighted by Gasteiger charge is -2.05. The Morgan fingerprint density at radius 2 is 2.14 bits per heavy atom. The Bertz CT molecular complexity index is 869. The first-order chi connectivity index (χ1) is 10.5. The van der Waals surface area contributed by atoms with Crippen LogP contribution in [0, 0.1) is 6.92 Å². The second-order valence-corrected chi connectivity index (χ2v) is 6.59. The molecule has 0 spiro atoms. The molecule has 0 aliphatic heterocycles. The SMILES string of the molecule is Cc1cc(SCC(=O)c2ccc(C(=O)O)s2)n2ccnc2n1. The number of ketones is 1. The maximum atomic E-state index is 12.2. The van der Waals surface area contributed by atoms with Crippen LogP contribution < -0.4 is 0 Å². The molecule has 0 aliphatic carbocycles. The molecule has 3 heterocycles. The molecule has 3 aromatic heterocycles. The molecule has 8 heteroatoms. The Labute approximate surface area is 133 Å². The third-order valence-corrected chi connectivity index (χ3v) is 5.04. The molecule has 0 amide bonds. The van der Waals surface area contributed by atoms with Gasteiger partial charge in [0.15, 0.2) is 5.78 Å². The summed E-state index contributed by atoms with van der Waals surface area (Å²) in [6, 6.07) is 4.90. The number of carbonyl (C=O) groups excluding carboxylic acids is 1. The van der Waals surface area contributed by atoms with Crippen LogP contribution in [0.2, 0.25) is 0 Å². The van der Waals surface area contributed by atoms with E-state index >= 15 is 0 Å². The van der Waals surface area contributed by atoms with Crippen molar-refractivity contribution < 1.29 is 14.7 Å². The number of carboxylic acid groups (broad SMARTS) is 1. The zero-order valence-corrected chi connectivity index (χ0v) is 13.1. The number of thiophene rings is 1. The summed E-state index contributed by atoms with van der Waals surface area (Å²) in [6.45, 7) is 1.87. The minimum absolute atomic E-state index is 0.0924.